The molecule has 4 nitrogen and oxygen atoms in total. The molecule has 0 fully saturated rings. The van der Waals surface area contributed by atoms with E-state index in [4.69, 9.17) is 10.5 Å². The molecule has 1 aromatic carbocycles. The highest BCUT2D eigenvalue weighted by molar-refractivity contribution is 5.85. The number of hydrogen-bond donors (Lipinski definition) is 2. The number of hydrogen-bond acceptors (Lipinski definition) is 3. The highest BCUT2D eigenvalue weighted by atomic mass is 35.5. The summed E-state index contributed by atoms with van der Waals surface area (Å²) in [6, 6.07) is 9.49. The minimum Gasteiger partial charge on any atom is -0.493 e. The molecule has 114 valence electrons. The number of rotatable bonds is 8. The highest BCUT2D eigenvalue weighted by Gasteiger charge is 2.25. The molecule has 20 heavy (non-hydrogen) atoms. The van der Waals surface area contributed by atoms with E-state index in [2.05, 4.69) is 5.32 Å². The third kappa shape index (κ3) is 5.80. The standard InChI is InChI=1S/C15H24N2O2.ClH/c1-3-15(4-2,12-16)17-14(18)10-11-19-13-8-6-5-7-9-13;/h5-9H,3-4,10-12,16H2,1-2H3,(H,17,18);1H. The Morgan fingerprint density at radius 3 is 2.35 bits per heavy atom. The summed E-state index contributed by atoms with van der Waals surface area (Å²) in [6.45, 7) is 4.92. The minimum atomic E-state index is -0.274. The Bertz CT molecular complexity index is 372. The molecule has 1 rings (SSSR count). The predicted molar refractivity (Wildman–Crippen MR) is 84.3 cm³/mol. The van der Waals surface area contributed by atoms with Gasteiger partial charge in [0.15, 0.2) is 0 Å². The molecule has 0 spiro atoms. The summed E-state index contributed by atoms with van der Waals surface area (Å²) < 4.78 is 5.50. The van der Waals surface area contributed by atoms with Gasteiger partial charge in [-0.3, -0.25) is 4.79 Å². The number of nitrogens with one attached hydrogen (secondary N) is 1. The first-order valence-electron chi connectivity index (χ1n) is 6.84. The molecule has 0 aliphatic heterocycles. The first-order chi connectivity index (χ1) is 9.15. The summed E-state index contributed by atoms with van der Waals surface area (Å²) in [4.78, 5) is 11.9. The van der Waals surface area contributed by atoms with E-state index in [0.717, 1.165) is 18.6 Å². The maximum absolute atomic E-state index is 11.9. The van der Waals surface area contributed by atoms with Crippen LogP contribution in [-0.4, -0.2) is 24.6 Å². The Morgan fingerprint density at radius 2 is 1.85 bits per heavy atom. The van der Waals surface area contributed by atoms with Crippen molar-refractivity contribution < 1.29 is 9.53 Å². The van der Waals surface area contributed by atoms with Crippen LogP contribution in [0.5, 0.6) is 5.75 Å². The maximum atomic E-state index is 11.9. The molecule has 0 unspecified atom stereocenters. The maximum Gasteiger partial charge on any atom is 0.223 e. The number of amides is 1. The Morgan fingerprint density at radius 1 is 1.25 bits per heavy atom. The second kappa shape index (κ2) is 9.61. The number of carbonyl (C=O) groups excluding carboxylic acids is 1. The van der Waals surface area contributed by atoms with Gasteiger partial charge in [0, 0.05) is 6.54 Å². The van der Waals surface area contributed by atoms with Gasteiger partial charge in [-0.1, -0.05) is 32.0 Å². The van der Waals surface area contributed by atoms with Crippen LogP contribution in [-0.2, 0) is 4.79 Å². The number of para-hydroxylation sites is 1. The molecule has 0 aliphatic carbocycles. The van der Waals surface area contributed by atoms with Crippen LogP contribution < -0.4 is 15.8 Å². The lowest BCUT2D eigenvalue weighted by Crippen LogP contribution is -2.53. The second-order valence-electron chi connectivity index (χ2n) is 4.65. The molecule has 0 atom stereocenters. The van der Waals surface area contributed by atoms with Crippen molar-refractivity contribution >= 4 is 18.3 Å². The quantitative estimate of drug-likeness (QED) is 0.775. The van der Waals surface area contributed by atoms with E-state index < -0.39 is 0 Å². The lowest BCUT2D eigenvalue weighted by atomic mass is 9.93. The van der Waals surface area contributed by atoms with Gasteiger partial charge < -0.3 is 15.8 Å². The molecular formula is C15H25ClN2O2. The van der Waals surface area contributed by atoms with Gasteiger partial charge in [-0.2, -0.15) is 0 Å². The Balaban J connectivity index is 0.00000361. The van der Waals surface area contributed by atoms with Gasteiger partial charge in [-0.25, -0.2) is 0 Å². The Kier molecular flexibility index (Phi) is 9.01. The number of halogens is 1. The minimum absolute atomic E-state index is 0. The predicted octanol–water partition coefficient (Wildman–Crippen LogP) is 2.51. The fourth-order valence-corrected chi connectivity index (χ4v) is 1.90. The van der Waals surface area contributed by atoms with Crippen LogP contribution in [0.25, 0.3) is 0 Å². The fourth-order valence-electron chi connectivity index (χ4n) is 1.90. The summed E-state index contributed by atoms with van der Waals surface area (Å²) >= 11 is 0. The van der Waals surface area contributed by atoms with Crippen LogP contribution in [0.2, 0.25) is 0 Å². The molecule has 1 aromatic rings. The van der Waals surface area contributed by atoms with E-state index in [1.54, 1.807) is 0 Å². The molecular weight excluding hydrogens is 276 g/mol. The topological polar surface area (TPSA) is 64.3 Å². The van der Waals surface area contributed by atoms with Crippen molar-refractivity contribution in [1.29, 1.82) is 0 Å². The van der Waals surface area contributed by atoms with Crippen LogP contribution in [0.1, 0.15) is 33.1 Å². The third-order valence-corrected chi connectivity index (χ3v) is 3.49. The molecule has 3 N–H and O–H groups in total. The van der Waals surface area contributed by atoms with Crippen LogP contribution in [0.15, 0.2) is 30.3 Å². The lowest BCUT2D eigenvalue weighted by molar-refractivity contribution is -0.123. The van der Waals surface area contributed by atoms with Crippen molar-refractivity contribution in [3.8, 4) is 5.75 Å². The van der Waals surface area contributed by atoms with Gasteiger partial charge in [-0.15, -0.1) is 12.4 Å². The Hall–Kier alpha value is -1.26. The van der Waals surface area contributed by atoms with Gasteiger partial charge in [-0.05, 0) is 25.0 Å². The zero-order valence-electron chi connectivity index (χ0n) is 12.2. The van der Waals surface area contributed by atoms with Crippen LogP contribution in [0.4, 0.5) is 0 Å². The van der Waals surface area contributed by atoms with Gasteiger partial charge in [0.2, 0.25) is 5.91 Å². The van der Waals surface area contributed by atoms with Crippen LogP contribution in [0.3, 0.4) is 0 Å². The SMILES string of the molecule is CCC(CC)(CN)NC(=O)CCOc1ccccc1.Cl. The average molecular weight is 301 g/mol. The number of ether oxygens (including phenoxy) is 1. The van der Waals surface area contributed by atoms with Crippen molar-refractivity contribution in [2.45, 2.75) is 38.6 Å². The van der Waals surface area contributed by atoms with Crippen molar-refractivity contribution in [3.63, 3.8) is 0 Å². The molecule has 0 saturated heterocycles. The van der Waals surface area contributed by atoms with Gasteiger partial charge in [0.25, 0.3) is 0 Å². The summed E-state index contributed by atoms with van der Waals surface area (Å²) in [5, 5.41) is 3.02. The molecule has 0 bridgehead atoms. The van der Waals surface area contributed by atoms with E-state index in [0.29, 0.717) is 19.6 Å². The first-order valence-corrected chi connectivity index (χ1v) is 6.84. The van der Waals surface area contributed by atoms with E-state index >= 15 is 0 Å². The van der Waals surface area contributed by atoms with Crippen molar-refractivity contribution in [1.82, 2.24) is 5.32 Å². The number of benzene rings is 1. The number of nitrogens with two attached hydrogens (primary N) is 1. The molecule has 1 amide bonds. The molecule has 0 aliphatic rings. The fraction of sp³-hybridized carbons (Fsp3) is 0.533. The van der Waals surface area contributed by atoms with Gasteiger partial charge in [0.05, 0.1) is 18.6 Å². The smallest absolute Gasteiger partial charge is 0.223 e. The highest BCUT2D eigenvalue weighted by Crippen LogP contribution is 2.13. The zero-order chi connectivity index (χ0) is 14.1. The van der Waals surface area contributed by atoms with Crippen molar-refractivity contribution in [3.05, 3.63) is 30.3 Å². The molecule has 0 saturated carbocycles. The van der Waals surface area contributed by atoms with Gasteiger partial charge in [0.1, 0.15) is 5.75 Å². The van der Waals surface area contributed by atoms with E-state index in [9.17, 15) is 4.79 Å². The third-order valence-electron chi connectivity index (χ3n) is 3.49. The largest absolute Gasteiger partial charge is 0.493 e. The normalized spacial score (nSPS) is 10.6. The van der Waals surface area contributed by atoms with E-state index in [1.165, 1.54) is 0 Å². The summed E-state index contributed by atoms with van der Waals surface area (Å²) in [7, 11) is 0. The monoisotopic (exact) mass is 300 g/mol. The van der Waals surface area contributed by atoms with E-state index in [1.807, 2.05) is 44.2 Å². The van der Waals surface area contributed by atoms with Crippen LogP contribution >= 0.6 is 12.4 Å². The number of carbonyl (C=O) groups is 1. The average Bonchev–Trinajstić information content (AvgIpc) is 2.46. The first kappa shape index (κ1) is 18.7. The molecule has 0 heterocycles. The van der Waals surface area contributed by atoms with E-state index in [-0.39, 0.29) is 23.9 Å². The van der Waals surface area contributed by atoms with Gasteiger partial charge >= 0.3 is 0 Å². The summed E-state index contributed by atoms with van der Waals surface area (Å²) in [5.41, 5.74) is 5.48. The van der Waals surface area contributed by atoms with Crippen LogP contribution in [0, 0.1) is 0 Å². The zero-order valence-corrected chi connectivity index (χ0v) is 13.0. The molecule has 0 radical (unpaired) electrons. The summed E-state index contributed by atoms with van der Waals surface area (Å²) in [5.74, 6) is 0.774. The second-order valence-corrected chi connectivity index (χ2v) is 4.65. The van der Waals surface area contributed by atoms with Crippen molar-refractivity contribution in [2.75, 3.05) is 13.2 Å². The van der Waals surface area contributed by atoms with Crippen molar-refractivity contribution in [2.24, 2.45) is 5.73 Å². The Labute approximate surface area is 127 Å². The molecule has 5 heteroatoms. The molecule has 0 aromatic heterocycles. The summed E-state index contributed by atoms with van der Waals surface area (Å²) in [6.07, 6.45) is 2.02. The lowest BCUT2D eigenvalue weighted by Gasteiger charge is -2.31.